The fraction of sp³-hybridized carbons (Fsp3) is 1.00. The van der Waals surface area contributed by atoms with Crippen LogP contribution < -0.4 is 5.73 Å². The summed E-state index contributed by atoms with van der Waals surface area (Å²) in [6, 6.07) is 0. The number of aliphatic hydroxyl groups is 1. The third-order valence-corrected chi connectivity index (χ3v) is 5.49. The summed E-state index contributed by atoms with van der Waals surface area (Å²) in [5, 5.41) is 10.9. The normalized spacial score (nSPS) is 52.1. The molecule has 0 aromatic rings. The lowest BCUT2D eigenvalue weighted by molar-refractivity contribution is -0.176. The van der Waals surface area contributed by atoms with Crippen molar-refractivity contribution in [3.8, 4) is 0 Å². The van der Waals surface area contributed by atoms with Crippen molar-refractivity contribution in [3.05, 3.63) is 0 Å². The molecule has 0 aromatic heterocycles. The molecule has 4 atom stereocenters. The molecular weight excluding hydrogens is 202 g/mol. The number of fused-ring (bicyclic) bond motifs is 2. The molecule has 2 bridgehead atoms. The Bertz CT molecular complexity index is 275. The molecule has 0 aromatic carbocycles. The van der Waals surface area contributed by atoms with E-state index < -0.39 is 5.60 Å². The topological polar surface area (TPSA) is 55.5 Å². The second kappa shape index (κ2) is 3.69. The van der Waals surface area contributed by atoms with Crippen LogP contribution in [0.4, 0.5) is 0 Å². The molecule has 2 saturated carbocycles. The predicted octanol–water partition coefficient (Wildman–Crippen LogP) is 1.29. The number of rotatable bonds is 2. The van der Waals surface area contributed by atoms with Gasteiger partial charge in [-0.1, -0.05) is 6.42 Å². The average Bonchev–Trinajstić information content (AvgIpc) is 2.90. The van der Waals surface area contributed by atoms with E-state index >= 15 is 0 Å². The van der Waals surface area contributed by atoms with Crippen molar-refractivity contribution < 1.29 is 9.84 Å². The summed E-state index contributed by atoms with van der Waals surface area (Å²) in [5.74, 6) is 1.47. The minimum Gasteiger partial charge on any atom is -0.387 e. The van der Waals surface area contributed by atoms with Gasteiger partial charge in [0, 0.05) is 18.6 Å². The number of nitrogens with two attached hydrogens (primary N) is 1. The SMILES string of the molecule is NCC1(C2(O)CCCOC2)CC2CCC1C2. The molecule has 92 valence electrons. The quantitative estimate of drug-likeness (QED) is 0.744. The first-order chi connectivity index (χ1) is 7.70. The maximum atomic E-state index is 10.9. The van der Waals surface area contributed by atoms with Crippen molar-refractivity contribution in [2.75, 3.05) is 19.8 Å². The van der Waals surface area contributed by atoms with E-state index in [9.17, 15) is 5.11 Å². The molecular formula is C13H23NO2. The van der Waals surface area contributed by atoms with Gasteiger partial charge in [-0.3, -0.25) is 0 Å². The van der Waals surface area contributed by atoms with Gasteiger partial charge in [-0.2, -0.15) is 0 Å². The van der Waals surface area contributed by atoms with E-state index in [2.05, 4.69) is 0 Å². The molecule has 3 aliphatic rings. The van der Waals surface area contributed by atoms with Crippen molar-refractivity contribution in [3.63, 3.8) is 0 Å². The minimum absolute atomic E-state index is 0.0314. The maximum Gasteiger partial charge on any atom is 0.0951 e. The van der Waals surface area contributed by atoms with Crippen LogP contribution in [0.25, 0.3) is 0 Å². The van der Waals surface area contributed by atoms with E-state index in [0.29, 0.717) is 19.1 Å². The maximum absolute atomic E-state index is 10.9. The van der Waals surface area contributed by atoms with Gasteiger partial charge in [0.05, 0.1) is 12.2 Å². The van der Waals surface area contributed by atoms with E-state index in [4.69, 9.17) is 10.5 Å². The van der Waals surface area contributed by atoms with Crippen LogP contribution in [0.15, 0.2) is 0 Å². The van der Waals surface area contributed by atoms with Crippen LogP contribution in [0.3, 0.4) is 0 Å². The zero-order chi connectivity index (χ0) is 11.2. The minimum atomic E-state index is -0.639. The second-order valence-electron chi connectivity index (χ2n) is 6.13. The van der Waals surface area contributed by atoms with E-state index in [-0.39, 0.29) is 5.41 Å². The summed E-state index contributed by atoms with van der Waals surface area (Å²) in [4.78, 5) is 0. The molecule has 1 heterocycles. The lowest BCUT2D eigenvalue weighted by atomic mass is 9.60. The Morgan fingerprint density at radius 3 is 2.75 bits per heavy atom. The van der Waals surface area contributed by atoms with Gasteiger partial charge in [0.2, 0.25) is 0 Å². The van der Waals surface area contributed by atoms with Crippen LogP contribution in [0.1, 0.15) is 38.5 Å². The lowest BCUT2D eigenvalue weighted by Gasteiger charge is -2.51. The molecule has 1 saturated heterocycles. The number of ether oxygens (including phenoxy) is 1. The van der Waals surface area contributed by atoms with Crippen molar-refractivity contribution in [2.24, 2.45) is 23.0 Å². The number of hydrogen-bond acceptors (Lipinski definition) is 3. The Kier molecular flexibility index (Phi) is 2.54. The van der Waals surface area contributed by atoms with Gasteiger partial charge in [0.25, 0.3) is 0 Å². The Hall–Kier alpha value is -0.120. The Labute approximate surface area is 97.3 Å². The summed E-state index contributed by atoms with van der Waals surface area (Å²) >= 11 is 0. The molecule has 3 nitrogen and oxygen atoms in total. The third-order valence-electron chi connectivity index (χ3n) is 5.49. The Balaban J connectivity index is 1.89. The van der Waals surface area contributed by atoms with Crippen LogP contribution in [0, 0.1) is 17.3 Å². The summed E-state index contributed by atoms with van der Waals surface area (Å²) in [7, 11) is 0. The van der Waals surface area contributed by atoms with Crippen molar-refractivity contribution >= 4 is 0 Å². The third kappa shape index (κ3) is 1.31. The molecule has 3 heteroatoms. The molecule has 0 amide bonds. The van der Waals surface area contributed by atoms with Crippen LogP contribution in [-0.2, 0) is 4.74 Å². The van der Waals surface area contributed by atoms with Gasteiger partial charge in [-0.15, -0.1) is 0 Å². The molecule has 3 N–H and O–H groups in total. The summed E-state index contributed by atoms with van der Waals surface area (Å²) in [6.07, 6.45) is 6.91. The first kappa shape index (κ1) is 11.0. The highest BCUT2D eigenvalue weighted by atomic mass is 16.5. The van der Waals surface area contributed by atoms with Gasteiger partial charge < -0.3 is 15.6 Å². The van der Waals surface area contributed by atoms with E-state index in [1.54, 1.807) is 0 Å². The number of hydrogen-bond donors (Lipinski definition) is 2. The first-order valence-electron chi connectivity index (χ1n) is 6.70. The molecule has 2 aliphatic carbocycles. The second-order valence-corrected chi connectivity index (χ2v) is 6.13. The van der Waals surface area contributed by atoms with Crippen molar-refractivity contribution in [1.29, 1.82) is 0 Å². The molecule has 0 radical (unpaired) electrons. The molecule has 0 spiro atoms. The van der Waals surface area contributed by atoms with Crippen LogP contribution in [0.2, 0.25) is 0 Å². The predicted molar refractivity (Wildman–Crippen MR) is 61.9 cm³/mol. The molecule has 16 heavy (non-hydrogen) atoms. The Morgan fingerprint density at radius 1 is 1.38 bits per heavy atom. The first-order valence-corrected chi connectivity index (χ1v) is 6.70. The largest absolute Gasteiger partial charge is 0.387 e. The van der Waals surface area contributed by atoms with Gasteiger partial charge in [-0.25, -0.2) is 0 Å². The summed E-state index contributed by atoms with van der Waals surface area (Å²) in [5.41, 5.74) is 5.39. The van der Waals surface area contributed by atoms with E-state index in [1.165, 1.54) is 19.3 Å². The average molecular weight is 225 g/mol. The van der Waals surface area contributed by atoms with E-state index in [1.807, 2.05) is 0 Å². The lowest BCUT2D eigenvalue weighted by Crippen LogP contribution is -2.59. The molecule has 1 aliphatic heterocycles. The summed E-state index contributed by atoms with van der Waals surface area (Å²) in [6.45, 7) is 1.94. The zero-order valence-electron chi connectivity index (χ0n) is 9.95. The fourth-order valence-corrected chi connectivity index (χ4v) is 4.63. The summed E-state index contributed by atoms with van der Waals surface area (Å²) < 4.78 is 5.53. The van der Waals surface area contributed by atoms with Gasteiger partial charge in [0.1, 0.15) is 0 Å². The van der Waals surface area contributed by atoms with Crippen LogP contribution in [0.5, 0.6) is 0 Å². The Morgan fingerprint density at radius 2 is 2.25 bits per heavy atom. The van der Waals surface area contributed by atoms with Gasteiger partial charge in [0.15, 0.2) is 0 Å². The molecule has 4 unspecified atom stereocenters. The van der Waals surface area contributed by atoms with E-state index in [0.717, 1.165) is 31.8 Å². The molecule has 3 rings (SSSR count). The zero-order valence-corrected chi connectivity index (χ0v) is 9.95. The standard InChI is InChI=1S/C13H23NO2/c14-8-12(7-10-2-3-11(12)6-10)13(15)4-1-5-16-9-13/h10-11,15H,1-9,14H2. The highest BCUT2D eigenvalue weighted by Gasteiger charge is 2.60. The highest BCUT2D eigenvalue weighted by molar-refractivity contribution is 5.11. The van der Waals surface area contributed by atoms with Gasteiger partial charge >= 0.3 is 0 Å². The van der Waals surface area contributed by atoms with Gasteiger partial charge in [-0.05, 0) is 43.9 Å². The van der Waals surface area contributed by atoms with Crippen LogP contribution in [-0.4, -0.2) is 30.5 Å². The highest BCUT2D eigenvalue weighted by Crippen LogP contribution is 2.61. The smallest absolute Gasteiger partial charge is 0.0951 e. The fourth-order valence-electron chi connectivity index (χ4n) is 4.63. The van der Waals surface area contributed by atoms with Crippen molar-refractivity contribution in [2.45, 2.75) is 44.1 Å². The molecule has 3 fully saturated rings. The van der Waals surface area contributed by atoms with Crippen molar-refractivity contribution in [1.82, 2.24) is 0 Å². The monoisotopic (exact) mass is 225 g/mol. The van der Waals surface area contributed by atoms with Crippen LogP contribution >= 0.6 is 0 Å².